The van der Waals surface area contributed by atoms with Crippen LogP contribution in [0.2, 0.25) is 0 Å². The smallest absolute Gasteiger partial charge is 0.243 e. The molecule has 1 atom stereocenters. The van der Waals surface area contributed by atoms with Crippen LogP contribution < -0.4 is 10.1 Å². The maximum atomic E-state index is 5.33. The number of ether oxygens (including phenoxy) is 1. The van der Waals surface area contributed by atoms with E-state index in [1.54, 1.807) is 7.11 Å². The monoisotopic (exact) mass is 275 g/mol. The van der Waals surface area contributed by atoms with Gasteiger partial charge in [-0.2, -0.15) is 4.98 Å². The second kappa shape index (κ2) is 7.05. The fourth-order valence-corrected chi connectivity index (χ4v) is 1.98. The van der Waals surface area contributed by atoms with Crippen molar-refractivity contribution in [3.63, 3.8) is 0 Å². The fourth-order valence-electron chi connectivity index (χ4n) is 1.98. The van der Waals surface area contributed by atoms with Crippen LogP contribution in [0.15, 0.2) is 28.8 Å². The molecular formula is C15H21N3O2. The van der Waals surface area contributed by atoms with Crippen LogP contribution in [-0.2, 0) is 6.42 Å². The van der Waals surface area contributed by atoms with E-state index in [1.807, 2.05) is 31.2 Å². The Hall–Kier alpha value is -1.88. The van der Waals surface area contributed by atoms with E-state index in [0.29, 0.717) is 18.1 Å². The molecular weight excluding hydrogens is 254 g/mol. The maximum absolute atomic E-state index is 5.33. The van der Waals surface area contributed by atoms with Gasteiger partial charge >= 0.3 is 0 Å². The SMILES string of the molecule is CCCNC(C)c1nc(Cc2ccccc2OC)no1. The predicted octanol–water partition coefficient (Wildman–Crippen LogP) is 2.73. The zero-order valence-electron chi connectivity index (χ0n) is 12.2. The first kappa shape index (κ1) is 14.5. The van der Waals surface area contributed by atoms with Gasteiger partial charge in [0.2, 0.25) is 5.89 Å². The first-order chi connectivity index (χ1) is 9.74. The van der Waals surface area contributed by atoms with E-state index in [4.69, 9.17) is 9.26 Å². The lowest BCUT2D eigenvalue weighted by atomic mass is 10.1. The number of para-hydroxylation sites is 1. The molecule has 0 fully saturated rings. The lowest BCUT2D eigenvalue weighted by Gasteiger charge is -2.07. The number of rotatable bonds is 7. The van der Waals surface area contributed by atoms with Gasteiger partial charge in [-0.3, -0.25) is 0 Å². The fraction of sp³-hybridized carbons (Fsp3) is 0.467. The standard InChI is InChI=1S/C15H21N3O2/c1-4-9-16-11(2)15-17-14(18-20-15)10-12-7-5-6-8-13(12)19-3/h5-8,11,16H,4,9-10H2,1-3H3. The molecule has 1 N–H and O–H groups in total. The van der Waals surface area contributed by atoms with Gasteiger partial charge in [-0.25, -0.2) is 0 Å². The van der Waals surface area contributed by atoms with Crippen LogP contribution in [0.3, 0.4) is 0 Å². The summed E-state index contributed by atoms with van der Waals surface area (Å²) < 4.78 is 10.6. The Kier molecular flexibility index (Phi) is 5.12. The van der Waals surface area contributed by atoms with Crippen molar-refractivity contribution in [2.24, 2.45) is 0 Å². The quantitative estimate of drug-likeness (QED) is 0.842. The van der Waals surface area contributed by atoms with Crippen molar-refractivity contribution in [1.82, 2.24) is 15.5 Å². The summed E-state index contributed by atoms with van der Waals surface area (Å²) >= 11 is 0. The molecule has 108 valence electrons. The van der Waals surface area contributed by atoms with E-state index in [-0.39, 0.29) is 6.04 Å². The highest BCUT2D eigenvalue weighted by Crippen LogP contribution is 2.20. The molecule has 1 aromatic heterocycles. The van der Waals surface area contributed by atoms with Gasteiger partial charge in [0.1, 0.15) is 5.75 Å². The molecule has 5 nitrogen and oxygen atoms in total. The molecule has 1 aromatic carbocycles. The molecule has 1 heterocycles. The lowest BCUT2D eigenvalue weighted by molar-refractivity contribution is 0.337. The summed E-state index contributed by atoms with van der Waals surface area (Å²) in [4.78, 5) is 4.44. The molecule has 0 aliphatic rings. The van der Waals surface area contributed by atoms with Crippen LogP contribution in [0.4, 0.5) is 0 Å². The van der Waals surface area contributed by atoms with E-state index in [0.717, 1.165) is 24.3 Å². The molecule has 0 radical (unpaired) electrons. The molecule has 2 aromatic rings. The Balaban J connectivity index is 2.05. The molecule has 0 bridgehead atoms. The summed E-state index contributed by atoms with van der Waals surface area (Å²) in [5.41, 5.74) is 1.05. The molecule has 2 rings (SSSR count). The summed E-state index contributed by atoms with van der Waals surface area (Å²) in [7, 11) is 1.66. The van der Waals surface area contributed by atoms with Gasteiger partial charge < -0.3 is 14.6 Å². The van der Waals surface area contributed by atoms with Crippen molar-refractivity contribution >= 4 is 0 Å². The Morgan fingerprint density at radius 3 is 2.90 bits per heavy atom. The van der Waals surface area contributed by atoms with E-state index in [1.165, 1.54) is 0 Å². The molecule has 0 spiro atoms. The third-order valence-electron chi connectivity index (χ3n) is 3.10. The van der Waals surface area contributed by atoms with Crippen LogP contribution in [0.5, 0.6) is 5.75 Å². The van der Waals surface area contributed by atoms with E-state index in [9.17, 15) is 0 Å². The molecule has 0 saturated heterocycles. The summed E-state index contributed by atoms with van der Waals surface area (Å²) in [6.07, 6.45) is 1.68. The van der Waals surface area contributed by atoms with Crippen LogP contribution in [0, 0.1) is 0 Å². The minimum atomic E-state index is 0.0777. The topological polar surface area (TPSA) is 60.2 Å². The average molecular weight is 275 g/mol. The molecule has 0 saturated carbocycles. The lowest BCUT2D eigenvalue weighted by Crippen LogP contribution is -2.19. The summed E-state index contributed by atoms with van der Waals surface area (Å²) in [6, 6.07) is 7.94. The van der Waals surface area contributed by atoms with Gasteiger partial charge in [0.05, 0.1) is 13.2 Å². The maximum Gasteiger partial charge on any atom is 0.243 e. The van der Waals surface area contributed by atoms with Crippen LogP contribution in [-0.4, -0.2) is 23.8 Å². The van der Waals surface area contributed by atoms with Crippen LogP contribution in [0.1, 0.15) is 43.6 Å². The van der Waals surface area contributed by atoms with Gasteiger partial charge in [0, 0.05) is 12.0 Å². The Morgan fingerprint density at radius 2 is 2.15 bits per heavy atom. The van der Waals surface area contributed by atoms with Crippen molar-refractivity contribution in [3.05, 3.63) is 41.5 Å². The minimum Gasteiger partial charge on any atom is -0.496 e. The van der Waals surface area contributed by atoms with E-state index in [2.05, 4.69) is 22.4 Å². The third kappa shape index (κ3) is 3.57. The van der Waals surface area contributed by atoms with Crippen molar-refractivity contribution in [2.75, 3.05) is 13.7 Å². The first-order valence-electron chi connectivity index (χ1n) is 6.92. The average Bonchev–Trinajstić information content (AvgIpc) is 2.94. The Labute approximate surface area is 119 Å². The minimum absolute atomic E-state index is 0.0777. The number of benzene rings is 1. The number of methoxy groups -OCH3 is 1. The van der Waals surface area contributed by atoms with Gasteiger partial charge in [0.25, 0.3) is 0 Å². The molecule has 20 heavy (non-hydrogen) atoms. The Bertz CT molecular complexity index is 539. The molecule has 1 unspecified atom stereocenters. The Morgan fingerprint density at radius 1 is 1.35 bits per heavy atom. The van der Waals surface area contributed by atoms with Crippen molar-refractivity contribution in [1.29, 1.82) is 0 Å². The highest BCUT2D eigenvalue weighted by Gasteiger charge is 2.14. The number of hydrogen-bond donors (Lipinski definition) is 1. The number of nitrogens with zero attached hydrogens (tertiary/aromatic N) is 2. The third-order valence-corrected chi connectivity index (χ3v) is 3.10. The van der Waals surface area contributed by atoms with Crippen LogP contribution in [0.25, 0.3) is 0 Å². The molecule has 5 heteroatoms. The van der Waals surface area contributed by atoms with Crippen LogP contribution >= 0.6 is 0 Å². The van der Waals surface area contributed by atoms with Gasteiger partial charge in [-0.15, -0.1) is 0 Å². The zero-order chi connectivity index (χ0) is 14.4. The van der Waals surface area contributed by atoms with Crippen molar-refractivity contribution in [3.8, 4) is 5.75 Å². The van der Waals surface area contributed by atoms with Gasteiger partial charge in [-0.1, -0.05) is 30.3 Å². The molecule has 0 aliphatic carbocycles. The highest BCUT2D eigenvalue weighted by atomic mass is 16.5. The normalized spacial score (nSPS) is 12.3. The highest BCUT2D eigenvalue weighted by molar-refractivity contribution is 5.35. The summed E-state index contributed by atoms with van der Waals surface area (Å²) in [5, 5.41) is 7.36. The zero-order valence-corrected chi connectivity index (χ0v) is 12.2. The van der Waals surface area contributed by atoms with Gasteiger partial charge in [0.15, 0.2) is 5.82 Å². The van der Waals surface area contributed by atoms with E-state index >= 15 is 0 Å². The summed E-state index contributed by atoms with van der Waals surface area (Å²) in [6.45, 7) is 5.09. The summed E-state index contributed by atoms with van der Waals surface area (Å²) in [5.74, 6) is 2.15. The molecule has 0 aliphatic heterocycles. The number of aromatic nitrogens is 2. The second-order valence-corrected chi connectivity index (χ2v) is 4.71. The largest absolute Gasteiger partial charge is 0.496 e. The predicted molar refractivity (Wildman–Crippen MR) is 76.8 cm³/mol. The van der Waals surface area contributed by atoms with Crippen molar-refractivity contribution < 1.29 is 9.26 Å². The number of nitrogens with one attached hydrogen (secondary N) is 1. The van der Waals surface area contributed by atoms with Crippen molar-refractivity contribution in [2.45, 2.75) is 32.7 Å². The van der Waals surface area contributed by atoms with E-state index < -0.39 is 0 Å². The second-order valence-electron chi connectivity index (χ2n) is 4.71. The molecule has 0 amide bonds. The number of hydrogen-bond acceptors (Lipinski definition) is 5. The first-order valence-corrected chi connectivity index (χ1v) is 6.92. The van der Waals surface area contributed by atoms with Gasteiger partial charge in [-0.05, 0) is 26.0 Å².